The first-order chi connectivity index (χ1) is 13.1. The summed E-state index contributed by atoms with van der Waals surface area (Å²) >= 11 is 5.92. The van der Waals surface area contributed by atoms with Crippen molar-refractivity contribution in [1.82, 2.24) is 19.6 Å². The van der Waals surface area contributed by atoms with Crippen molar-refractivity contribution in [3.05, 3.63) is 47.6 Å². The number of piperidine rings is 1. The van der Waals surface area contributed by atoms with Crippen LogP contribution in [-0.4, -0.2) is 38.6 Å². The molecule has 1 aromatic carbocycles. The van der Waals surface area contributed by atoms with Crippen LogP contribution in [0.15, 0.2) is 47.1 Å². The summed E-state index contributed by atoms with van der Waals surface area (Å²) in [6, 6.07) is 11.0. The third kappa shape index (κ3) is 3.90. The summed E-state index contributed by atoms with van der Waals surface area (Å²) in [5.41, 5.74) is 1.56. The number of carbonyl (C=O) groups is 1. The van der Waals surface area contributed by atoms with Crippen molar-refractivity contribution in [2.45, 2.75) is 26.3 Å². The van der Waals surface area contributed by atoms with Crippen molar-refractivity contribution in [2.75, 3.05) is 13.1 Å². The number of carbonyl (C=O) groups excluding carboxylic acids is 1. The van der Waals surface area contributed by atoms with E-state index >= 15 is 0 Å². The van der Waals surface area contributed by atoms with Gasteiger partial charge < -0.3 is 14.0 Å². The molecule has 1 fully saturated rings. The normalized spacial score (nSPS) is 15.3. The van der Waals surface area contributed by atoms with E-state index in [1.54, 1.807) is 12.1 Å². The SMILES string of the molecule is CC1CCN(C(=O)Cn2cccc2-c2nc(-c3ccc(Cl)cc3)no2)CC1. The van der Waals surface area contributed by atoms with Gasteiger partial charge in [0, 0.05) is 29.9 Å². The van der Waals surface area contributed by atoms with E-state index in [1.807, 2.05) is 39.9 Å². The maximum Gasteiger partial charge on any atom is 0.274 e. The summed E-state index contributed by atoms with van der Waals surface area (Å²) in [5.74, 6) is 1.70. The minimum atomic E-state index is 0.122. The van der Waals surface area contributed by atoms with Crippen LogP contribution in [0.5, 0.6) is 0 Å². The van der Waals surface area contributed by atoms with Crippen LogP contribution in [0, 0.1) is 5.92 Å². The molecule has 0 unspecified atom stereocenters. The van der Waals surface area contributed by atoms with Gasteiger partial charge in [-0.15, -0.1) is 0 Å². The minimum absolute atomic E-state index is 0.122. The molecule has 0 saturated carbocycles. The second-order valence-corrected chi connectivity index (χ2v) is 7.45. The molecule has 1 aliphatic rings. The van der Waals surface area contributed by atoms with E-state index in [0.29, 0.717) is 22.7 Å². The zero-order valence-electron chi connectivity index (χ0n) is 15.1. The summed E-state index contributed by atoms with van der Waals surface area (Å²) in [6.07, 6.45) is 4.00. The number of aromatic nitrogens is 3. The largest absolute Gasteiger partial charge is 0.341 e. The Morgan fingerprint density at radius 1 is 1.22 bits per heavy atom. The zero-order chi connectivity index (χ0) is 18.8. The van der Waals surface area contributed by atoms with Crippen molar-refractivity contribution in [3.8, 4) is 23.0 Å². The van der Waals surface area contributed by atoms with E-state index in [0.717, 1.165) is 37.2 Å². The third-order valence-corrected chi connectivity index (χ3v) is 5.27. The molecule has 0 bridgehead atoms. The Kier molecular flexibility index (Phi) is 4.99. The topological polar surface area (TPSA) is 64.2 Å². The van der Waals surface area contributed by atoms with Crippen LogP contribution < -0.4 is 0 Å². The number of hydrogen-bond acceptors (Lipinski definition) is 4. The minimum Gasteiger partial charge on any atom is -0.341 e. The molecule has 1 amide bonds. The quantitative estimate of drug-likeness (QED) is 0.678. The summed E-state index contributed by atoms with van der Waals surface area (Å²) in [4.78, 5) is 19.1. The predicted octanol–water partition coefficient (Wildman–Crippen LogP) is 4.12. The van der Waals surface area contributed by atoms with Gasteiger partial charge in [0.05, 0.1) is 0 Å². The van der Waals surface area contributed by atoms with Gasteiger partial charge in [-0.3, -0.25) is 4.79 Å². The van der Waals surface area contributed by atoms with Crippen LogP contribution in [0.25, 0.3) is 23.0 Å². The van der Waals surface area contributed by atoms with Crippen molar-refractivity contribution < 1.29 is 9.32 Å². The lowest BCUT2D eigenvalue weighted by molar-refractivity contribution is -0.133. The maximum atomic E-state index is 12.6. The summed E-state index contributed by atoms with van der Waals surface area (Å²) in [7, 11) is 0. The molecule has 0 spiro atoms. The molecule has 1 aliphatic heterocycles. The highest BCUT2D eigenvalue weighted by molar-refractivity contribution is 6.30. The second kappa shape index (κ2) is 7.56. The average molecular weight is 385 g/mol. The van der Waals surface area contributed by atoms with Gasteiger partial charge >= 0.3 is 0 Å². The van der Waals surface area contributed by atoms with Crippen LogP contribution in [0.2, 0.25) is 5.02 Å². The zero-order valence-corrected chi connectivity index (χ0v) is 15.9. The van der Waals surface area contributed by atoms with Gasteiger partial charge in [0.25, 0.3) is 5.89 Å². The molecule has 7 heteroatoms. The summed E-state index contributed by atoms with van der Waals surface area (Å²) < 4.78 is 7.30. The Morgan fingerprint density at radius 3 is 2.70 bits per heavy atom. The molecule has 27 heavy (non-hydrogen) atoms. The standard InChI is InChI=1S/C20H21ClN4O2/c1-14-8-11-24(12-9-14)18(26)13-25-10-2-3-17(25)20-22-19(23-27-20)15-4-6-16(21)7-5-15/h2-7,10,14H,8-9,11-13H2,1H3. The van der Waals surface area contributed by atoms with E-state index in [-0.39, 0.29) is 12.5 Å². The number of halogens is 1. The second-order valence-electron chi connectivity index (χ2n) is 7.01. The van der Waals surface area contributed by atoms with Crippen molar-refractivity contribution in [1.29, 1.82) is 0 Å². The highest BCUT2D eigenvalue weighted by Gasteiger charge is 2.22. The molecule has 6 nitrogen and oxygen atoms in total. The number of benzene rings is 1. The van der Waals surface area contributed by atoms with E-state index in [2.05, 4.69) is 17.1 Å². The van der Waals surface area contributed by atoms with Crippen LogP contribution in [0.1, 0.15) is 19.8 Å². The van der Waals surface area contributed by atoms with Gasteiger partial charge in [0.15, 0.2) is 0 Å². The molecule has 4 rings (SSSR count). The van der Waals surface area contributed by atoms with Gasteiger partial charge in [0.1, 0.15) is 12.2 Å². The molecule has 2 aromatic heterocycles. The van der Waals surface area contributed by atoms with Crippen LogP contribution in [0.3, 0.4) is 0 Å². The van der Waals surface area contributed by atoms with Crippen molar-refractivity contribution in [3.63, 3.8) is 0 Å². The van der Waals surface area contributed by atoms with Gasteiger partial charge in [-0.25, -0.2) is 0 Å². The maximum absolute atomic E-state index is 12.6. The Morgan fingerprint density at radius 2 is 1.96 bits per heavy atom. The molecule has 3 aromatic rings. The lowest BCUT2D eigenvalue weighted by Crippen LogP contribution is -2.39. The highest BCUT2D eigenvalue weighted by Crippen LogP contribution is 2.24. The summed E-state index contributed by atoms with van der Waals surface area (Å²) in [5, 5.41) is 4.71. The van der Waals surface area contributed by atoms with Crippen molar-refractivity contribution >= 4 is 17.5 Å². The van der Waals surface area contributed by atoms with E-state index in [1.165, 1.54) is 0 Å². The van der Waals surface area contributed by atoms with E-state index in [9.17, 15) is 4.79 Å². The Bertz CT molecular complexity index is 924. The Balaban J connectivity index is 1.50. The highest BCUT2D eigenvalue weighted by atomic mass is 35.5. The lowest BCUT2D eigenvalue weighted by Gasteiger charge is -2.30. The van der Waals surface area contributed by atoms with Crippen LogP contribution >= 0.6 is 11.6 Å². The molecule has 0 atom stereocenters. The first-order valence-electron chi connectivity index (χ1n) is 9.13. The fourth-order valence-electron chi connectivity index (χ4n) is 3.29. The number of rotatable bonds is 4. The number of likely N-dealkylation sites (tertiary alicyclic amines) is 1. The first kappa shape index (κ1) is 17.8. The fraction of sp³-hybridized carbons (Fsp3) is 0.350. The van der Waals surface area contributed by atoms with Gasteiger partial charge in [-0.1, -0.05) is 23.7 Å². The first-order valence-corrected chi connectivity index (χ1v) is 9.51. The molecule has 3 heterocycles. The summed E-state index contributed by atoms with van der Waals surface area (Å²) in [6.45, 7) is 4.17. The monoisotopic (exact) mass is 384 g/mol. The smallest absolute Gasteiger partial charge is 0.274 e. The lowest BCUT2D eigenvalue weighted by atomic mass is 9.99. The third-order valence-electron chi connectivity index (χ3n) is 5.02. The number of hydrogen-bond donors (Lipinski definition) is 0. The van der Waals surface area contributed by atoms with Crippen molar-refractivity contribution in [2.24, 2.45) is 5.92 Å². The van der Waals surface area contributed by atoms with E-state index < -0.39 is 0 Å². The molecule has 140 valence electrons. The molecule has 1 saturated heterocycles. The van der Waals surface area contributed by atoms with Crippen LogP contribution in [-0.2, 0) is 11.3 Å². The van der Waals surface area contributed by atoms with Gasteiger partial charge in [-0.2, -0.15) is 4.98 Å². The molecular formula is C20H21ClN4O2. The van der Waals surface area contributed by atoms with Gasteiger partial charge in [-0.05, 0) is 55.2 Å². The van der Waals surface area contributed by atoms with Crippen LogP contribution in [0.4, 0.5) is 0 Å². The molecule has 0 aliphatic carbocycles. The molecule has 0 radical (unpaired) electrons. The predicted molar refractivity (Wildman–Crippen MR) is 103 cm³/mol. The van der Waals surface area contributed by atoms with E-state index in [4.69, 9.17) is 16.1 Å². The number of nitrogens with zero attached hydrogens (tertiary/aromatic N) is 4. The van der Waals surface area contributed by atoms with Gasteiger partial charge in [0.2, 0.25) is 11.7 Å². The average Bonchev–Trinajstić information content (AvgIpc) is 3.32. The Labute approximate surface area is 162 Å². The molecular weight excluding hydrogens is 364 g/mol. The Hall–Kier alpha value is -2.60. The molecule has 0 N–H and O–H groups in total. The number of amides is 1. The fourth-order valence-corrected chi connectivity index (χ4v) is 3.42.